The Balaban J connectivity index is 0. The number of carbonyl (C=O) groups excluding carboxylic acids is 1. The van der Waals surface area contributed by atoms with Crippen molar-refractivity contribution in [3.8, 4) is 0 Å². The van der Waals surface area contributed by atoms with Gasteiger partial charge in [-0.1, -0.05) is 195 Å². The monoisotopic (exact) mass is 916 g/mol. The van der Waals surface area contributed by atoms with Crippen molar-refractivity contribution in [3.63, 3.8) is 0 Å². The molecule has 0 bridgehead atoms. The normalized spacial score (nSPS) is 14.9. The van der Waals surface area contributed by atoms with Crippen LogP contribution in [0, 0.1) is 11.8 Å². The lowest BCUT2D eigenvalue weighted by atomic mass is 9.92. The minimum absolute atomic E-state index is 0.132. The van der Waals surface area contributed by atoms with Crippen molar-refractivity contribution < 1.29 is 39.1 Å². The zero-order valence-electron chi connectivity index (χ0n) is 43.8. The molecule has 0 aromatic carbocycles. The molecule has 0 amide bonds. The molecule has 1 heterocycles. The molecular formula is C55H113NO8. The van der Waals surface area contributed by atoms with Crippen LogP contribution in [0.15, 0.2) is 0 Å². The zero-order chi connectivity index (χ0) is 47.4. The van der Waals surface area contributed by atoms with Gasteiger partial charge in [0.1, 0.15) is 6.61 Å². The van der Waals surface area contributed by atoms with E-state index in [1.54, 1.807) is 0 Å². The third-order valence-corrected chi connectivity index (χ3v) is 12.6. The maximum atomic E-state index is 11.3. The number of nitrogens with zero attached hydrogens (tertiary/aromatic N) is 1. The number of hydrogen-bond acceptors (Lipinski definition) is 9. The van der Waals surface area contributed by atoms with E-state index in [0.29, 0.717) is 26.1 Å². The Hall–Kier alpha value is -0.810. The van der Waals surface area contributed by atoms with Crippen molar-refractivity contribution in [2.24, 2.45) is 11.8 Å². The number of carbonyl (C=O) groups is 1. The van der Waals surface area contributed by atoms with Crippen LogP contribution in [-0.4, -0.2) is 105 Å². The highest BCUT2D eigenvalue weighted by molar-refractivity contribution is 5.69. The van der Waals surface area contributed by atoms with Crippen LogP contribution in [0.3, 0.4) is 0 Å². The van der Waals surface area contributed by atoms with Gasteiger partial charge in [-0.05, 0) is 83.8 Å². The molecule has 0 saturated carbocycles. The summed E-state index contributed by atoms with van der Waals surface area (Å²) in [5, 5.41) is 26.6. The van der Waals surface area contributed by atoms with E-state index in [9.17, 15) is 4.79 Å². The van der Waals surface area contributed by atoms with Crippen molar-refractivity contribution in [1.29, 1.82) is 0 Å². The standard InChI is InChI=1S/2C22H46O2.C11H21NO4/c2*1-3-5-12-16-22(17-13-6-4-2)18-21-24-20-15-11-9-7-8-10-14-19-23;1-12(2)7-3-4-10(13)15-8-9-5-6-11(14)16-9/h2*22-23H,3-21H2,1-2H3;9,11,14H,3-8H2,1-2H3/t;;9-,11+/m..0/s1. The average molecular weight is 917 g/mol. The first-order valence-electron chi connectivity index (χ1n) is 27.8. The van der Waals surface area contributed by atoms with Crippen LogP contribution >= 0.6 is 0 Å². The molecule has 9 nitrogen and oxygen atoms in total. The minimum Gasteiger partial charge on any atom is -0.463 e. The molecule has 64 heavy (non-hydrogen) atoms. The third-order valence-electron chi connectivity index (χ3n) is 12.6. The second kappa shape index (κ2) is 54.8. The summed E-state index contributed by atoms with van der Waals surface area (Å²) in [6.07, 6.45) is 43.7. The van der Waals surface area contributed by atoms with Gasteiger partial charge in [-0.2, -0.15) is 0 Å². The second-order valence-electron chi connectivity index (χ2n) is 19.3. The van der Waals surface area contributed by atoms with Gasteiger partial charge in [0, 0.05) is 52.5 Å². The Labute approximate surface area is 398 Å². The number of aliphatic hydroxyl groups excluding tert-OH is 3. The number of rotatable bonds is 46. The number of ether oxygens (including phenoxy) is 4. The topological polar surface area (TPSA) is 118 Å². The van der Waals surface area contributed by atoms with Crippen molar-refractivity contribution >= 4 is 5.97 Å². The fourth-order valence-electron chi connectivity index (χ4n) is 8.31. The van der Waals surface area contributed by atoms with Gasteiger partial charge in [-0.3, -0.25) is 4.79 Å². The van der Waals surface area contributed by atoms with Crippen LogP contribution in [-0.2, 0) is 23.7 Å². The summed E-state index contributed by atoms with van der Waals surface area (Å²) >= 11 is 0. The Morgan fingerprint density at radius 3 is 1.25 bits per heavy atom. The Morgan fingerprint density at radius 2 is 0.906 bits per heavy atom. The molecule has 0 radical (unpaired) electrons. The molecular weight excluding hydrogens is 803 g/mol. The molecule has 1 saturated heterocycles. The molecule has 0 aromatic rings. The van der Waals surface area contributed by atoms with E-state index < -0.39 is 6.29 Å². The minimum atomic E-state index is -0.683. The highest BCUT2D eigenvalue weighted by Gasteiger charge is 2.24. The maximum absolute atomic E-state index is 11.3. The summed E-state index contributed by atoms with van der Waals surface area (Å²) in [7, 11) is 3.94. The Kier molecular flexibility index (Phi) is 55.9. The summed E-state index contributed by atoms with van der Waals surface area (Å²) in [6, 6.07) is 0. The first-order valence-corrected chi connectivity index (χ1v) is 27.8. The van der Waals surface area contributed by atoms with Gasteiger partial charge in [0.2, 0.25) is 0 Å². The van der Waals surface area contributed by atoms with E-state index in [1.807, 2.05) is 19.0 Å². The lowest BCUT2D eigenvalue weighted by Crippen LogP contribution is -2.20. The molecule has 1 rings (SSSR count). The van der Waals surface area contributed by atoms with Crippen LogP contribution in [0.4, 0.5) is 0 Å². The van der Waals surface area contributed by atoms with E-state index in [0.717, 1.165) is 70.5 Å². The molecule has 0 aromatic heterocycles. The summed E-state index contributed by atoms with van der Waals surface area (Å²) in [4.78, 5) is 13.3. The lowest BCUT2D eigenvalue weighted by molar-refractivity contribution is -0.152. The number of aliphatic hydroxyl groups is 3. The van der Waals surface area contributed by atoms with Gasteiger partial charge in [0.15, 0.2) is 6.29 Å². The molecule has 0 spiro atoms. The third kappa shape index (κ3) is 52.2. The molecule has 1 fully saturated rings. The quantitative estimate of drug-likeness (QED) is 0.0405. The molecule has 386 valence electrons. The predicted molar refractivity (Wildman–Crippen MR) is 272 cm³/mol. The first kappa shape index (κ1) is 65.3. The van der Waals surface area contributed by atoms with Crippen molar-refractivity contribution in [2.45, 2.75) is 271 Å². The fraction of sp³-hybridized carbons (Fsp3) is 0.982. The van der Waals surface area contributed by atoms with Crippen molar-refractivity contribution in [1.82, 2.24) is 4.90 Å². The molecule has 0 aliphatic carbocycles. The van der Waals surface area contributed by atoms with Gasteiger partial charge >= 0.3 is 5.97 Å². The molecule has 1 aliphatic rings. The van der Waals surface area contributed by atoms with Crippen LogP contribution in [0.1, 0.15) is 259 Å². The van der Waals surface area contributed by atoms with E-state index in [4.69, 9.17) is 34.3 Å². The zero-order valence-corrected chi connectivity index (χ0v) is 43.8. The highest BCUT2D eigenvalue weighted by atomic mass is 16.6. The average Bonchev–Trinajstić information content (AvgIpc) is 3.71. The Bertz CT molecular complexity index is 813. The van der Waals surface area contributed by atoms with Gasteiger partial charge in [-0.25, -0.2) is 0 Å². The molecule has 3 N–H and O–H groups in total. The molecule has 0 unspecified atom stereocenters. The summed E-state index contributed by atoms with van der Waals surface area (Å²) in [6.45, 7) is 14.9. The van der Waals surface area contributed by atoms with Crippen molar-refractivity contribution in [2.75, 3.05) is 66.9 Å². The van der Waals surface area contributed by atoms with Crippen molar-refractivity contribution in [3.05, 3.63) is 0 Å². The number of esters is 1. The number of hydrogen-bond donors (Lipinski definition) is 3. The van der Waals surface area contributed by atoms with Gasteiger partial charge in [-0.15, -0.1) is 0 Å². The van der Waals surface area contributed by atoms with E-state index in [-0.39, 0.29) is 18.7 Å². The van der Waals surface area contributed by atoms with Gasteiger partial charge in [0.25, 0.3) is 0 Å². The summed E-state index contributed by atoms with van der Waals surface area (Å²) in [5.74, 6) is 1.61. The maximum Gasteiger partial charge on any atom is 0.305 e. The highest BCUT2D eigenvalue weighted by Crippen LogP contribution is 2.23. The Morgan fingerprint density at radius 1 is 0.516 bits per heavy atom. The smallest absolute Gasteiger partial charge is 0.305 e. The fourth-order valence-corrected chi connectivity index (χ4v) is 8.31. The van der Waals surface area contributed by atoms with Crippen LogP contribution in [0.25, 0.3) is 0 Å². The predicted octanol–water partition coefficient (Wildman–Crippen LogP) is 14.2. The molecule has 1 aliphatic heterocycles. The van der Waals surface area contributed by atoms with Crippen LogP contribution in [0.5, 0.6) is 0 Å². The molecule has 2 atom stereocenters. The van der Waals surface area contributed by atoms with Gasteiger partial charge in [0.05, 0.1) is 6.10 Å². The number of unbranched alkanes of at least 4 members (excludes halogenated alkanes) is 20. The lowest BCUT2D eigenvalue weighted by Gasteiger charge is -2.17. The van der Waals surface area contributed by atoms with E-state index in [2.05, 4.69) is 27.7 Å². The van der Waals surface area contributed by atoms with Crippen LogP contribution in [0.2, 0.25) is 0 Å². The van der Waals surface area contributed by atoms with E-state index in [1.165, 1.54) is 193 Å². The van der Waals surface area contributed by atoms with Gasteiger partial charge < -0.3 is 39.2 Å². The summed E-state index contributed by atoms with van der Waals surface area (Å²) < 4.78 is 22.0. The largest absolute Gasteiger partial charge is 0.463 e. The first-order chi connectivity index (χ1) is 31.3. The van der Waals surface area contributed by atoms with Crippen LogP contribution < -0.4 is 0 Å². The van der Waals surface area contributed by atoms with E-state index >= 15 is 0 Å². The SMILES string of the molecule is CCCCCC(CCCCC)CCOCCCCCCCCCO.CCCCCC(CCCCC)CCOCCCCCCCCCO.CN(C)CCCC(=O)OC[C@@H]1CC[C@H](O)O1. The summed E-state index contributed by atoms with van der Waals surface area (Å²) in [5.41, 5.74) is 0. The molecule has 9 heteroatoms. The second-order valence-corrected chi connectivity index (χ2v) is 19.3.